The van der Waals surface area contributed by atoms with Gasteiger partial charge in [0, 0.05) is 25.2 Å². The normalized spacial score (nSPS) is 17.1. The molecule has 2 aromatic carbocycles. The van der Waals surface area contributed by atoms with Gasteiger partial charge in [-0.3, -0.25) is 9.59 Å². The zero-order chi connectivity index (χ0) is 20.8. The number of para-hydroxylation sites is 2. The van der Waals surface area contributed by atoms with Gasteiger partial charge in [0.15, 0.2) is 0 Å². The topological polar surface area (TPSA) is 79.3 Å². The van der Waals surface area contributed by atoms with Crippen LogP contribution in [0.15, 0.2) is 48.5 Å². The molecule has 0 aliphatic carbocycles. The maximum atomic E-state index is 13.0. The van der Waals surface area contributed by atoms with Gasteiger partial charge < -0.3 is 24.4 Å². The fourth-order valence-electron chi connectivity index (χ4n) is 3.44. The number of hydrogen-bond acceptors (Lipinski definition) is 5. The summed E-state index contributed by atoms with van der Waals surface area (Å²) in [4.78, 5) is 28.9. The first kappa shape index (κ1) is 20.7. The lowest BCUT2D eigenvalue weighted by molar-refractivity contribution is -0.131. The molecule has 2 amide bonds. The van der Waals surface area contributed by atoms with Gasteiger partial charge in [-0.2, -0.15) is 0 Å². The van der Waals surface area contributed by atoms with Gasteiger partial charge in [-0.15, -0.1) is 0 Å². The van der Waals surface area contributed by atoms with Crippen LogP contribution in [-0.4, -0.2) is 66.2 Å². The third kappa shape index (κ3) is 4.86. The molecule has 1 aliphatic rings. The molecule has 1 aliphatic heterocycles. The van der Waals surface area contributed by atoms with Gasteiger partial charge in [-0.25, -0.2) is 0 Å². The monoisotopic (exact) mass is 398 g/mol. The van der Waals surface area contributed by atoms with E-state index in [0.29, 0.717) is 30.2 Å². The van der Waals surface area contributed by atoms with Crippen LogP contribution in [0.3, 0.4) is 0 Å². The maximum Gasteiger partial charge on any atom is 0.258 e. The van der Waals surface area contributed by atoms with Crippen molar-refractivity contribution in [3.63, 3.8) is 0 Å². The summed E-state index contributed by atoms with van der Waals surface area (Å²) >= 11 is 0. The number of β-amino-alcohol motifs (C(OH)–C–C–N with tert-alkyl or cyclic N) is 1. The third-order valence-corrected chi connectivity index (χ3v) is 4.80. The van der Waals surface area contributed by atoms with Crippen LogP contribution in [0.5, 0.6) is 11.5 Å². The Hall–Kier alpha value is -3.06. The van der Waals surface area contributed by atoms with E-state index in [0.717, 1.165) is 5.56 Å². The van der Waals surface area contributed by atoms with Gasteiger partial charge in [-0.05, 0) is 25.1 Å². The molecule has 154 valence electrons. The molecule has 0 aromatic heterocycles. The van der Waals surface area contributed by atoms with Gasteiger partial charge in [-0.1, -0.05) is 30.3 Å². The molecule has 1 saturated heterocycles. The smallest absolute Gasteiger partial charge is 0.258 e. The van der Waals surface area contributed by atoms with Crippen LogP contribution in [-0.2, 0) is 11.3 Å². The summed E-state index contributed by atoms with van der Waals surface area (Å²) in [7, 11) is 1.58. The Labute approximate surface area is 170 Å². The molecule has 0 spiro atoms. The van der Waals surface area contributed by atoms with E-state index >= 15 is 0 Å². The average Bonchev–Trinajstić information content (AvgIpc) is 2.86. The Kier molecular flexibility index (Phi) is 6.72. The minimum absolute atomic E-state index is 0.0768. The van der Waals surface area contributed by atoms with Crippen molar-refractivity contribution in [3.05, 3.63) is 59.7 Å². The minimum atomic E-state index is -0.848. The number of ether oxygens (including phenoxy) is 2. The van der Waals surface area contributed by atoms with Gasteiger partial charge in [0.05, 0.1) is 25.4 Å². The molecule has 7 nitrogen and oxygen atoms in total. The quantitative estimate of drug-likeness (QED) is 0.805. The van der Waals surface area contributed by atoms with Crippen molar-refractivity contribution in [3.8, 4) is 11.5 Å². The van der Waals surface area contributed by atoms with Crippen molar-refractivity contribution in [2.24, 2.45) is 0 Å². The summed E-state index contributed by atoms with van der Waals surface area (Å²) in [5.41, 5.74) is 1.23. The molecule has 1 N–H and O–H groups in total. The van der Waals surface area contributed by atoms with Crippen molar-refractivity contribution in [1.82, 2.24) is 9.80 Å². The van der Waals surface area contributed by atoms with Gasteiger partial charge in [0.2, 0.25) is 5.91 Å². The zero-order valence-corrected chi connectivity index (χ0v) is 16.7. The largest absolute Gasteiger partial charge is 0.496 e. The molecule has 0 saturated carbocycles. The second-order valence-corrected chi connectivity index (χ2v) is 6.85. The molecule has 0 radical (unpaired) electrons. The molecule has 7 heteroatoms. The number of benzene rings is 2. The zero-order valence-electron chi connectivity index (χ0n) is 16.7. The summed E-state index contributed by atoms with van der Waals surface area (Å²) in [6.45, 7) is 2.69. The summed E-state index contributed by atoms with van der Waals surface area (Å²) in [6.07, 6.45) is -0.848. The number of rotatable bonds is 6. The molecular weight excluding hydrogens is 372 g/mol. The number of aliphatic hydroxyl groups is 1. The van der Waals surface area contributed by atoms with E-state index in [1.165, 1.54) is 4.90 Å². The number of carbonyl (C=O) groups excluding carboxylic acids is 2. The summed E-state index contributed by atoms with van der Waals surface area (Å²) < 4.78 is 10.9. The molecule has 1 fully saturated rings. The number of methoxy groups -OCH3 is 1. The number of nitrogens with zero attached hydrogens (tertiary/aromatic N) is 2. The Morgan fingerprint density at radius 1 is 1.10 bits per heavy atom. The van der Waals surface area contributed by atoms with Crippen LogP contribution >= 0.6 is 0 Å². The second kappa shape index (κ2) is 9.43. The van der Waals surface area contributed by atoms with E-state index in [1.807, 2.05) is 31.2 Å². The number of amides is 2. The van der Waals surface area contributed by atoms with E-state index < -0.39 is 6.10 Å². The first-order chi connectivity index (χ1) is 14.0. The van der Waals surface area contributed by atoms with E-state index in [2.05, 4.69) is 0 Å². The van der Waals surface area contributed by atoms with Crippen LogP contribution in [0.2, 0.25) is 0 Å². The van der Waals surface area contributed by atoms with Crippen LogP contribution < -0.4 is 9.47 Å². The van der Waals surface area contributed by atoms with Crippen molar-refractivity contribution >= 4 is 11.8 Å². The van der Waals surface area contributed by atoms with E-state index in [9.17, 15) is 14.7 Å². The van der Waals surface area contributed by atoms with Crippen LogP contribution in [0, 0.1) is 0 Å². The van der Waals surface area contributed by atoms with Gasteiger partial charge in [0.25, 0.3) is 5.91 Å². The summed E-state index contributed by atoms with van der Waals surface area (Å²) in [5.74, 6) is 0.588. The molecular formula is C22H26N2O5. The predicted octanol–water partition coefficient (Wildman–Crippen LogP) is 1.94. The highest BCUT2D eigenvalue weighted by Crippen LogP contribution is 2.23. The van der Waals surface area contributed by atoms with E-state index in [1.54, 1.807) is 36.3 Å². The summed E-state index contributed by atoms with van der Waals surface area (Å²) in [6, 6.07) is 14.4. The standard InChI is InChI=1S/C22H26N2O5/c1-3-29-20-11-7-5-9-18(20)22(27)24-14-17(25)13-23(21(26)15-24)12-16-8-4-6-10-19(16)28-2/h4-11,17,25H,3,12-15H2,1-2H3. The highest BCUT2D eigenvalue weighted by atomic mass is 16.5. The van der Waals surface area contributed by atoms with Crippen molar-refractivity contribution < 1.29 is 24.2 Å². The van der Waals surface area contributed by atoms with Crippen molar-refractivity contribution in [2.75, 3.05) is 33.4 Å². The maximum absolute atomic E-state index is 13.0. The van der Waals surface area contributed by atoms with Crippen LogP contribution in [0.1, 0.15) is 22.8 Å². The van der Waals surface area contributed by atoms with Crippen LogP contribution in [0.4, 0.5) is 0 Å². The minimum Gasteiger partial charge on any atom is -0.496 e. The summed E-state index contributed by atoms with van der Waals surface area (Å²) in [5, 5.41) is 10.5. The predicted molar refractivity (Wildman–Crippen MR) is 108 cm³/mol. The molecule has 29 heavy (non-hydrogen) atoms. The Morgan fingerprint density at radius 2 is 1.79 bits per heavy atom. The third-order valence-electron chi connectivity index (χ3n) is 4.80. The molecule has 1 atom stereocenters. The molecule has 1 unspecified atom stereocenters. The Bertz CT molecular complexity index is 870. The molecule has 0 bridgehead atoms. The van der Waals surface area contributed by atoms with E-state index in [-0.39, 0.29) is 31.4 Å². The number of carbonyl (C=O) groups is 2. The lowest BCUT2D eigenvalue weighted by Crippen LogP contribution is -2.39. The highest BCUT2D eigenvalue weighted by molar-refractivity contribution is 5.99. The fraction of sp³-hybridized carbons (Fsp3) is 0.364. The average molecular weight is 398 g/mol. The van der Waals surface area contributed by atoms with Crippen molar-refractivity contribution in [2.45, 2.75) is 19.6 Å². The number of hydrogen-bond donors (Lipinski definition) is 1. The highest BCUT2D eigenvalue weighted by Gasteiger charge is 2.31. The van der Waals surface area contributed by atoms with E-state index in [4.69, 9.17) is 9.47 Å². The lowest BCUT2D eigenvalue weighted by atomic mass is 10.1. The second-order valence-electron chi connectivity index (χ2n) is 6.85. The van der Waals surface area contributed by atoms with Crippen molar-refractivity contribution in [1.29, 1.82) is 0 Å². The first-order valence-electron chi connectivity index (χ1n) is 9.62. The molecule has 3 rings (SSSR count). The first-order valence-corrected chi connectivity index (χ1v) is 9.62. The lowest BCUT2D eigenvalue weighted by Gasteiger charge is -2.23. The Morgan fingerprint density at radius 3 is 2.52 bits per heavy atom. The molecule has 1 heterocycles. The number of aliphatic hydroxyl groups excluding tert-OH is 1. The van der Waals surface area contributed by atoms with Crippen LogP contribution in [0.25, 0.3) is 0 Å². The molecule has 2 aromatic rings. The fourth-order valence-corrected chi connectivity index (χ4v) is 3.44. The van der Waals surface area contributed by atoms with Gasteiger partial charge >= 0.3 is 0 Å². The SMILES string of the molecule is CCOc1ccccc1C(=O)N1CC(=O)N(Cc2ccccc2OC)CC(O)C1. The van der Waals surface area contributed by atoms with Gasteiger partial charge in [0.1, 0.15) is 18.0 Å². The Balaban J connectivity index is 1.78.